The van der Waals surface area contributed by atoms with Gasteiger partial charge in [-0.1, -0.05) is 37.3 Å². The highest BCUT2D eigenvalue weighted by Crippen LogP contribution is 2.20. The van der Waals surface area contributed by atoms with E-state index in [1.807, 2.05) is 62.9 Å². The molecule has 0 aliphatic carbocycles. The van der Waals surface area contributed by atoms with Crippen LogP contribution in [0.5, 0.6) is 0 Å². The van der Waals surface area contributed by atoms with Gasteiger partial charge in [-0.25, -0.2) is 0 Å². The standard InChI is InChI=1S/C22H30N2O2S/c1-6-20(25)24(22(3,4)5)16-21(26)23(14-18-10-8-7-9-11-18)15-19-13-12-17(2)27-19/h7-13H,6,14-16H2,1-5H3. The molecule has 2 amide bonds. The smallest absolute Gasteiger partial charge is 0.242 e. The molecule has 0 spiro atoms. The molecule has 1 aromatic carbocycles. The minimum Gasteiger partial charge on any atom is -0.332 e. The minimum atomic E-state index is -0.388. The first-order valence-corrected chi connectivity index (χ1v) is 10.2. The third-order valence-corrected chi connectivity index (χ3v) is 5.40. The van der Waals surface area contributed by atoms with Gasteiger partial charge in [0.1, 0.15) is 6.54 Å². The maximum absolute atomic E-state index is 13.2. The SMILES string of the molecule is CCC(=O)N(CC(=O)N(Cc1ccccc1)Cc1ccc(C)s1)C(C)(C)C. The lowest BCUT2D eigenvalue weighted by Gasteiger charge is -2.36. The van der Waals surface area contributed by atoms with Gasteiger partial charge in [0.2, 0.25) is 11.8 Å². The van der Waals surface area contributed by atoms with Gasteiger partial charge in [0.25, 0.3) is 0 Å². The highest BCUT2D eigenvalue weighted by atomic mass is 32.1. The molecule has 1 aromatic heterocycles. The minimum absolute atomic E-state index is 0.00230. The van der Waals surface area contributed by atoms with Gasteiger partial charge >= 0.3 is 0 Å². The van der Waals surface area contributed by atoms with Crippen molar-refractivity contribution < 1.29 is 9.59 Å². The van der Waals surface area contributed by atoms with Crippen molar-refractivity contribution in [2.75, 3.05) is 6.54 Å². The number of rotatable bonds is 7. The van der Waals surface area contributed by atoms with Gasteiger partial charge in [-0.05, 0) is 45.4 Å². The number of carbonyl (C=O) groups is 2. The summed E-state index contributed by atoms with van der Waals surface area (Å²) in [5, 5.41) is 0. The van der Waals surface area contributed by atoms with E-state index in [-0.39, 0.29) is 23.9 Å². The van der Waals surface area contributed by atoms with Gasteiger partial charge in [0.15, 0.2) is 0 Å². The average Bonchev–Trinajstić information content (AvgIpc) is 3.03. The van der Waals surface area contributed by atoms with E-state index in [0.29, 0.717) is 19.5 Å². The second kappa shape index (κ2) is 9.18. The third kappa shape index (κ3) is 6.21. The van der Waals surface area contributed by atoms with Crippen LogP contribution in [-0.4, -0.2) is 33.7 Å². The quantitative estimate of drug-likeness (QED) is 0.696. The van der Waals surface area contributed by atoms with Crippen molar-refractivity contribution in [3.05, 3.63) is 57.8 Å². The molecule has 2 rings (SSSR count). The monoisotopic (exact) mass is 386 g/mol. The lowest BCUT2D eigenvalue weighted by atomic mass is 10.1. The summed E-state index contributed by atoms with van der Waals surface area (Å²) >= 11 is 1.70. The molecule has 0 aliphatic rings. The predicted molar refractivity (Wildman–Crippen MR) is 112 cm³/mol. The van der Waals surface area contributed by atoms with Gasteiger partial charge in [0, 0.05) is 28.3 Å². The van der Waals surface area contributed by atoms with E-state index in [1.165, 1.54) is 4.88 Å². The Hall–Kier alpha value is -2.14. The molecule has 0 bridgehead atoms. The molecular weight excluding hydrogens is 356 g/mol. The molecule has 0 fully saturated rings. The molecular formula is C22H30N2O2S. The molecule has 27 heavy (non-hydrogen) atoms. The summed E-state index contributed by atoms with van der Waals surface area (Å²) in [6.07, 6.45) is 0.396. The Balaban J connectivity index is 2.22. The normalized spacial score (nSPS) is 11.3. The van der Waals surface area contributed by atoms with E-state index in [1.54, 1.807) is 16.2 Å². The molecule has 0 radical (unpaired) electrons. The highest BCUT2D eigenvalue weighted by molar-refractivity contribution is 7.11. The molecule has 5 heteroatoms. The average molecular weight is 387 g/mol. The fraction of sp³-hybridized carbons (Fsp3) is 0.455. The first kappa shape index (κ1) is 21.2. The Labute approximate surface area is 166 Å². The zero-order valence-electron chi connectivity index (χ0n) is 17.0. The van der Waals surface area contributed by atoms with Gasteiger partial charge in [-0.2, -0.15) is 0 Å². The number of carbonyl (C=O) groups excluding carboxylic acids is 2. The van der Waals surface area contributed by atoms with E-state index in [4.69, 9.17) is 0 Å². The number of amides is 2. The Morgan fingerprint density at radius 1 is 0.963 bits per heavy atom. The molecule has 1 heterocycles. The summed E-state index contributed by atoms with van der Waals surface area (Å²) in [6, 6.07) is 14.1. The summed E-state index contributed by atoms with van der Waals surface area (Å²) in [6.45, 7) is 11.0. The molecule has 0 saturated heterocycles. The number of aryl methyl sites for hydroxylation is 1. The van der Waals surface area contributed by atoms with Crippen LogP contribution in [0.2, 0.25) is 0 Å². The largest absolute Gasteiger partial charge is 0.332 e. The Bertz CT molecular complexity index is 762. The summed E-state index contributed by atoms with van der Waals surface area (Å²) in [5.74, 6) is -0.0240. The molecule has 4 nitrogen and oxygen atoms in total. The van der Waals surface area contributed by atoms with Crippen LogP contribution in [0.25, 0.3) is 0 Å². The van der Waals surface area contributed by atoms with Crippen LogP contribution in [0.15, 0.2) is 42.5 Å². The van der Waals surface area contributed by atoms with Crippen LogP contribution in [-0.2, 0) is 22.7 Å². The fourth-order valence-electron chi connectivity index (χ4n) is 2.92. The second-order valence-corrected chi connectivity index (χ2v) is 9.12. The molecule has 0 N–H and O–H groups in total. The van der Waals surface area contributed by atoms with E-state index in [0.717, 1.165) is 10.4 Å². The lowest BCUT2D eigenvalue weighted by molar-refractivity contribution is -0.145. The zero-order valence-corrected chi connectivity index (χ0v) is 17.8. The Morgan fingerprint density at radius 2 is 1.63 bits per heavy atom. The summed E-state index contributed by atoms with van der Waals surface area (Å²) in [7, 11) is 0. The van der Waals surface area contributed by atoms with Gasteiger partial charge < -0.3 is 9.80 Å². The van der Waals surface area contributed by atoms with Crippen LogP contribution in [0, 0.1) is 6.92 Å². The van der Waals surface area contributed by atoms with Gasteiger partial charge in [0.05, 0.1) is 6.54 Å². The molecule has 146 valence electrons. The van der Waals surface area contributed by atoms with Crippen LogP contribution >= 0.6 is 11.3 Å². The summed E-state index contributed by atoms with van der Waals surface area (Å²) in [4.78, 5) is 31.5. The molecule has 0 saturated carbocycles. The summed E-state index contributed by atoms with van der Waals surface area (Å²) < 4.78 is 0. The molecule has 0 aliphatic heterocycles. The van der Waals surface area contributed by atoms with Gasteiger partial charge in [-0.3, -0.25) is 9.59 Å². The molecule has 0 atom stereocenters. The first-order chi connectivity index (χ1) is 12.7. The number of nitrogens with zero attached hydrogens (tertiary/aromatic N) is 2. The van der Waals surface area contributed by atoms with Crippen molar-refractivity contribution in [2.45, 2.75) is 59.7 Å². The topological polar surface area (TPSA) is 40.6 Å². The second-order valence-electron chi connectivity index (χ2n) is 7.75. The third-order valence-electron chi connectivity index (χ3n) is 4.42. The van der Waals surface area contributed by atoms with Gasteiger partial charge in [-0.15, -0.1) is 11.3 Å². The molecule has 2 aromatic rings. The van der Waals surface area contributed by atoms with E-state index in [2.05, 4.69) is 19.1 Å². The van der Waals surface area contributed by atoms with Crippen LogP contribution in [0.3, 0.4) is 0 Å². The van der Waals surface area contributed by atoms with Crippen molar-refractivity contribution in [2.24, 2.45) is 0 Å². The van der Waals surface area contributed by atoms with Crippen LogP contribution in [0.4, 0.5) is 0 Å². The number of hydrogen-bond acceptors (Lipinski definition) is 3. The summed E-state index contributed by atoms with van der Waals surface area (Å²) in [5.41, 5.74) is 0.698. The molecule has 0 unspecified atom stereocenters. The Kier molecular flexibility index (Phi) is 7.19. The van der Waals surface area contributed by atoms with Crippen molar-refractivity contribution in [3.8, 4) is 0 Å². The van der Waals surface area contributed by atoms with Crippen molar-refractivity contribution in [1.82, 2.24) is 9.80 Å². The number of thiophene rings is 1. The van der Waals surface area contributed by atoms with Crippen LogP contribution < -0.4 is 0 Å². The maximum atomic E-state index is 13.2. The zero-order chi connectivity index (χ0) is 20.0. The van der Waals surface area contributed by atoms with Crippen LogP contribution in [0.1, 0.15) is 49.4 Å². The fourth-order valence-corrected chi connectivity index (χ4v) is 3.83. The van der Waals surface area contributed by atoms with Crippen molar-refractivity contribution >= 4 is 23.2 Å². The van der Waals surface area contributed by atoms with Crippen molar-refractivity contribution in [3.63, 3.8) is 0 Å². The number of hydrogen-bond donors (Lipinski definition) is 0. The highest BCUT2D eigenvalue weighted by Gasteiger charge is 2.29. The Morgan fingerprint density at radius 3 is 2.15 bits per heavy atom. The van der Waals surface area contributed by atoms with Crippen molar-refractivity contribution in [1.29, 1.82) is 0 Å². The number of benzene rings is 1. The first-order valence-electron chi connectivity index (χ1n) is 9.38. The van der Waals surface area contributed by atoms with E-state index >= 15 is 0 Å². The lowest BCUT2D eigenvalue weighted by Crippen LogP contribution is -2.50. The van der Waals surface area contributed by atoms with E-state index in [9.17, 15) is 9.59 Å². The maximum Gasteiger partial charge on any atom is 0.242 e. The van der Waals surface area contributed by atoms with E-state index < -0.39 is 0 Å². The predicted octanol–water partition coefficient (Wildman–Crippen LogP) is 4.62.